The van der Waals surface area contributed by atoms with Crippen molar-refractivity contribution in [3.63, 3.8) is 0 Å². The standard InChI is InChI=1S/C19H30N4O2.HI/c1-3-25-13-7-11-21-19(20-2)22-14-16-8-4-5-9-17(16)15-23-12-6-10-18(23)24;/h4-5,8-9H,3,6-7,10-15H2,1-2H3,(H2,20,21,22);1H. The van der Waals surface area contributed by atoms with Gasteiger partial charge in [-0.25, -0.2) is 0 Å². The van der Waals surface area contributed by atoms with Crippen LogP contribution in [0.1, 0.15) is 37.3 Å². The molecule has 7 heteroatoms. The van der Waals surface area contributed by atoms with Gasteiger partial charge in [0, 0.05) is 52.9 Å². The average Bonchev–Trinajstić information content (AvgIpc) is 3.03. The van der Waals surface area contributed by atoms with E-state index in [0.717, 1.165) is 45.1 Å². The van der Waals surface area contributed by atoms with Gasteiger partial charge in [0.15, 0.2) is 5.96 Å². The van der Waals surface area contributed by atoms with E-state index < -0.39 is 0 Å². The maximum Gasteiger partial charge on any atom is 0.222 e. The SMILES string of the molecule is CCOCCCNC(=NC)NCc1ccccc1CN1CCCC1=O.I. The summed E-state index contributed by atoms with van der Waals surface area (Å²) in [5.41, 5.74) is 2.39. The van der Waals surface area contributed by atoms with Crippen LogP contribution < -0.4 is 10.6 Å². The average molecular weight is 474 g/mol. The summed E-state index contributed by atoms with van der Waals surface area (Å²) in [6.07, 6.45) is 2.60. The fourth-order valence-electron chi connectivity index (χ4n) is 2.89. The summed E-state index contributed by atoms with van der Waals surface area (Å²) in [4.78, 5) is 18.1. The molecule has 1 saturated heterocycles. The summed E-state index contributed by atoms with van der Waals surface area (Å²) in [5, 5.41) is 6.64. The summed E-state index contributed by atoms with van der Waals surface area (Å²) < 4.78 is 5.33. The highest BCUT2D eigenvalue weighted by molar-refractivity contribution is 14.0. The van der Waals surface area contributed by atoms with E-state index in [-0.39, 0.29) is 29.9 Å². The van der Waals surface area contributed by atoms with Gasteiger partial charge in [0.05, 0.1) is 0 Å². The van der Waals surface area contributed by atoms with Gasteiger partial charge in [-0.1, -0.05) is 24.3 Å². The summed E-state index contributed by atoms with van der Waals surface area (Å²) in [6, 6.07) is 8.26. The number of hydrogen-bond acceptors (Lipinski definition) is 3. The molecule has 0 spiro atoms. The number of aliphatic imine (C=N–C) groups is 1. The molecule has 6 nitrogen and oxygen atoms in total. The Labute approximate surface area is 173 Å². The molecule has 1 aromatic carbocycles. The van der Waals surface area contributed by atoms with Crippen LogP contribution in [0.3, 0.4) is 0 Å². The first-order valence-electron chi connectivity index (χ1n) is 9.11. The molecule has 0 radical (unpaired) electrons. The lowest BCUT2D eigenvalue weighted by atomic mass is 10.1. The molecule has 26 heavy (non-hydrogen) atoms. The zero-order valence-electron chi connectivity index (χ0n) is 15.8. The number of nitrogens with one attached hydrogen (secondary N) is 2. The molecule has 0 aromatic heterocycles. The topological polar surface area (TPSA) is 66.0 Å². The van der Waals surface area contributed by atoms with Crippen LogP contribution in [0, 0.1) is 0 Å². The first-order chi connectivity index (χ1) is 12.2. The van der Waals surface area contributed by atoms with Gasteiger partial charge in [-0.3, -0.25) is 9.79 Å². The van der Waals surface area contributed by atoms with Crippen molar-refractivity contribution in [2.45, 2.75) is 39.3 Å². The van der Waals surface area contributed by atoms with Crippen LogP contribution in [0.2, 0.25) is 0 Å². The molecule has 0 saturated carbocycles. The minimum atomic E-state index is 0. The van der Waals surface area contributed by atoms with E-state index in [9.17, 15) is 4.79 Å². The molecule has 2 rings (SSSR count). The maximum absolute atomic E-state index is 11.9. The van der Waals surface area contributed by atoms with E-state index >= 15 is 0 Å². The lowest BCUT2D eigenvalue weighted by Gasteiger charge is -2.19. The van der Waals surface area contributed by atoms with Crippen LogP contribution >= 0.6 is 24.0 Å². The van der Waals surface area contributed by atoms with Crippen molar-refractivity contribution in [1.29, 1.82) is 0 Å². The number of halogens is 1. The number of guanidine groups is 1. The summed E-state index contributed by atoms with van der Waals surface area (Å²) in [6.45, 7) is 6.57. The van der Waals surface area contributed by atoms with Crippen LogP contribution in [-0.2, 0) is 22.6 Å². The molecule has 0 unspecified atom stereocenters. The predicted molar refractivity (Wildman–Crippen MR) is 116 cm³/mol. The number of benzene rings is 1. The van der Waals surface area contributed by atoms with E-state index in [4.69, 9.17) is 4.74 Å². The van der Waals surface area contributed by atoms with Gasteiger partial charge in [0.2, 0.25) is 5.91 Å². The predicted octanol–water partition coefficient (Wildman–Crippen LogP) is 2.52. The Kier molecular flexibility index (Phi) is 11.3. The van der Waals surface area contributed by atoms with E-state index in [0.29, 0.717) is 19.5 Å². The lowest BCUT2D eigenvalue weighted by molar-refractivity contribution is -0.128. The molecular weight excluding hydrogens is 443 g/mol. The van der Waals surface area contributed by atoms with Crippen molar-refractivity contribution >= 4 is 35.8 Å². The fourth-order valence-corrected chi connectivity index (χ4v) is 2.89. The molecule has 1 aromatic rings. The number of amides is 1. The Bertz CT molecular complexity index is 580. The van der Waals surface area contributed by atoms with Gasteiger partial charge in [0.25, 0.3) is 0 Å². The number of likely N-dealkylation sites (tertiary alicyclic amines) is 1. The Morgan fingerprint density at radius 3 is 2.69 bits per heavy atom. The molecule has 1 heterocycles. The highest BCUT2D eigenvalue weighted by Crippen LogP contribution is 2.17. The van der Waals surface area contributed by atoms with Gasteiger partial charge in [-0.05, 0) is 30.9 Å². The first-order valence-corrected chi connectivity index (χ1v) is 9.11. The molecule has 0 aliphatic carbocycles. The molecule has 1 amide bonds. The van der Waals surface area contributed by atoms with Crippen molar-refractivity contribution in [1.82, 2.24) is 15.5 Å². The largest absolute Gasteiger partial charge is 0.382 e. The van der Waals surface area contributed by atoms with Crippen molar-refractivity contribution < 1.29 is 9.53 Å². The normalized spacial score (nSPS) is 14.3. The smallest absolute Gasteiger partial charge is 0.222 e. The first kappa shape index (κ1) is 22.7. The van der Waals surface area contributed by atoms with Crippen LogP contribution in [0.15, 0.2) is 29.3 Å². The number of nitrogens with zero attached hydrogens (tertiary/aromatic N) is 2. The zero-order valence-corrected chi connectivity index (χ0v) is 18.1. The summed E-state index contributed by atoms with van der Waals surface area (Å²) in [7, 11) is 1.77. The molecule has 1 aliphatic rings. The molecule has 146 valence electrons. The highest BCUT2D eigenvalue weighted by Gasteiger charge is 2.20. The quantitative estimate of drug-likeness (QED) is 0.250. The van der Waals surface area contributed by atoms with Gasteiger partial charge in [-0.15, -0.1) is 24.0 Å². The lowest BCUT2D eigenvalue weighted by Crippen LogP contribution is -2.38. The minimum Gasteiger partial charge on any atom is -0.382 e. The van der Waals surface area contributed by atoms with E-state index in [1.807, 2.05) is 24.0 Å². The number of rotatable bonds is 9. The molecule has 1 aliphatic heterocycles. The van der Waals surface area contributed by atoms with Gasteiger partial charge >= 0.3 is 0 Å². The van der Waals surface area contributed by atoms with Gasteiger partial charge < -0.3 is 20.3 Å². The number of ether oxygens (including phenoxy) is 1. The third-order valence-corrected chi connectivity index (χ3v) is 4.28. The van der Waals surface area contributed by atoms with E-state index in [1.165, 1.54) is 11.1 Å². The Balaban J connectivity index is 0.00000338. The van der Waals surface area contributed by atoms with Crippen LogP contribution in [0.5, 0.6) is 0 Å². The third kappa shape index (κ3) is 7.49. The number of hydrogen-bond donors (Lipinski definition) is 2. The minimum absolute atomic E-state index is 0. The Hall–Kier alpha value is -1.35. The molecule has 0 atom stereocenters. The fraction of sp³-hybridized carbons (Fsp3) is 0.579. The summed E-state index contributed by atoms with van der Waals surface area (Å²) in [5.74, 6) is 1.04. The van der Waals surface area contributed by atoms with Crippen LogP contribution in [-0.4, -0.2) is 50.1 Å². The second-order valence-corrected chi connectivity index (χ2v) is 6.09. The Morgan fingerprint density at radius 1 is 1.27 bits per heavy atom. The molecule has 0 bridgehead atoms. The second-order valence-electron chi connectivity index (χ2n) is 6.09. The van der Waals surface area contributed by atoms with Crippen molar-refractivity contribution in [3.8, 4) is 0 Å². The molecular formula is C19H31IN4O2. The van der Waals surface area contributed by atoms with Gasteiger partial charge in [0.1, 0.15) is 0 Å². The van der Waals surface area contributed by atoms with Crippen molar-refractivity contribution in [3.05, 3.63) is 35.4 Å². The summed E-state index contributed by atoms with van der Waals surface area (Å²) >= 11 is 0. The zero-order chi connectivity index (χ0) is 17.9. The monoisotopic (exact) mass is 474 g/mol. The number of carbonyl (C=O) groups is 1. The van der Waals surface area contributed by atoms with Crippen molar-refractivity contribution in [2.24, 2.45) is 4.99 Å². The third-order valence-electron chi connectivity index (χ3n) is 4.28. The second kappa shape index (κ2) is 12.9. The molecule has 2 N–H and O–H groups in total. The van der Waals surface area contributed by atoms with Crippen LogP contribution in [0.25, 0.3) is 0 Å². The molecule has 1 fully saturated rings. The van der Waals surface area contributed by atoms with E-state index in [2.05, 4.69) is 27.8 Å². The highest BCUT2D eigenvalue weighted by atomic mass is 127. The maximum atomic E-state index is 11.9. The number of carbonyl (C=O) groups excluding carboxylic acids is 1. The van der Waals surface area contributed by atoms with E-state index in [1.54, 1.807) is 7.05 Å². The van der Waals surface area contributed by atoms with Gasteiger partial charge in [-0.2, -0.15) is 0 Å². The Morgan fingerprint density at radius 2 is 2.04 bits per heavy atom. The van der Waals surface area contributed by atoms with Crippen molar-refractivity contribution in [2.75, 3.05) is 33.4 Å². The van der Waals surface area contributed by atoms with Crippen LogP contribution in [0.4, 0.5) is 0 Å².